The van der Waals surface area contributed by atoms with E-state index in [9.17, 15) is 0 Å². The van der Waals surface area contributed by atoms with Gasteiger partial charge in [0.2, 0.25) is 0 Å². The predicted octanol–water partition coefficient (Wildman–Crippen LogP) is 1.98. The van der Waals surface area contributed by atoms with Crippen molar-refractivity contribution in [2.24, 2.45) is 5.92 Å². The van der Waals surface area contributed by atoms with E-state index in [1.54, 1.807) is 11.3 Å². The summed E-state index contributed by atoms with van der Waals surface area (Å²) in [4.78, 5) is 4.17. The Morgan fingerprint density at radius 1 is 1.69 bits per heavy atom. The van der Waals surface area contributed by atoms with Gasteiger partial charge in [-0.25, -0.2) is 4.98 Å². The number of anilines is 1. The SMILES string of the molecule is c1csc(NCC2CCCOC2)n1. The topological polar surface area (TPSA) is 34.1 Å². The van der Waals surface area contributed by atoms with Crippen LogP contribution in [0, 0.1) is 5.92 Å². The van der Waals surface area contributed by atoms with Crippen molar-refractivity contribution in [2.75, 3.05) is 25.1 Å². The number of thiazole rings is 1. The number of rotatable bonds is 3. The highest BCUT2D eigenvalue weighted by molar-refractivity contribution is 7.13. The molecule has 0 radical (unpaired) electrons. The van der Waals surface area contributed by atoms with Crippen LogP contribution in [0.1, 0.15) is 12.8 Å². The van der Waals surface area contributed by atoms with Gasteiger partial charge in [0.1, 0.15) is 0 Å². The number of ether oxygens (including phenoxy) is 1. The molecule has 1 aromatic rings. The first-order chi connectivity index (χ1) is 6.45. The van der Waals surface area contributed by atoms with E-state index < -0.39 is 0 Å². The van der Waals surface area contributed by atoms with Crippen LogP contribution >= 0.6 is 11.3 Å². The van der Waals surface area contributed by atoms with Crippen LogP contribution in [0.5, 0.6) is 0 Å². The standard InChI is InChI=1S/C9H14N2OS/c1-2-8(7-12-4-1)6-11-9-10-3-5-13-9/h3,5,8H,1-2,4,6-7H2,(H,10,11). The van der Waals surface area contributed by atoms with E-state index in [0.717, 1.165) is 24.9 Å². The molecule has 13 heavy (non-hydrogen) atoms. The third kappa shape index (κ3) is 2.67. The number of hydrogen-bond donors (Lipinski definition) is 1. The average molecular weight is 198 g/mol. The molecule has 3 nitrogen and oxygen atoms in total. The molecule has 0 bridgehead atoms. The molecule has 1 aliphatic heterocycles. The minimum atomic E-state index is 0.664. The summed E-state index contributed by atoms with van der Waals surface area (Å²) in [6, 6.07) is 0. The van der Waals surface area contributed by atoms with Gasteiger partial charge in [-0.15, -0.1) is 11.3 Å². The summed E-state index contributed by atoms with van der Waals surface area (Å²) >= 11 is 1.65. The lowest BCUT2D eigenvalue weighted by Crippen LogP contribution is -2.24. The third-order valence-electron chi connectivity index (χ3n) is 2.23. The summed E-state index contributed by atoms with van der Waals surface area (Å²) in [5.74, 6) is 0.664. The van der Waals surface area contributed by atoms with Crippen molar-refractivity contribution in [3.05, 3.63) is 11.6 Å². The second-order valence-corrected chi connectivity index (χ2v) is 4.20. The maximum absolute atomic E-state index is 5.39. The Morgan fingerprint density at radius 3 is 3.38 bits per heavy atom. The normalized spacial score (nSPS) is 22.9. The number of aromatic nitrogens is 1. The molecule has 2 heterocycles. The van der Waals surface area contributed by atoms with Crippen LogP contribution in [0.2, 0.25) is 0 Å². The maximum atomic E-state index is 5.39. The Morgan fingerprint density at radius 2 is 2.69 bits per heavy atom. The molecule has 1 fully saturated rings. The summed E-state index contributed by atoms with van der Waals surface area (Å²) in [5.41, 5.74) is 0. The van der Waals surface area contributed by atoms with E-state index in [4.69, 9.17) is 4.74 Å². The maximum Gasteiger partial charge on any atom is 0.182 e. The lowest BCUT2D eigenvalue weighted by molar-refractivity contribution is 0.0595. The number of nitrogens with one attached hydrogen (secondary N) is 1. The molecule has 0 spiro atoms. The van der Waals surface area contributed by atoms with Crippen molar-refractivity contribution in [1.82, 2.24) is 4.98 Å². The summed E-state index contributed by atoms with van der Waals surface area (Å²) in [6.07, 6.45) is 4.30. The molecule has 1 saturated heterocycles. The summed E-state index contributed by atoms with van der Waals surface area (Å²) < 4.78 is 5.39. The molecule has 72 valence electrons. The Balaban J connectivity index is 1.72. The van der Waals surface area contributed by atoms with Crippen molar-refractivity contribution in [1.29, 1.82) is 0 Å². The summed E-state index contributed by atoms with van der Waals surface area (Å²) in [5, 5.41) is 6.33. The second kappa shape index (κ2) is 4.58. The molecular weight excluding hydrogens is 184 g/mol. The smallest absolute Gasteiger partial charge is 0.182 e. The van der Waals surface area contributed by atoms with Crippen LogP contribution < -0.4 is 5.32 Å². The molecule has 1 unspecified atom stereocenters. The zero-order valence-electron chi connectivity index (χ0n) is 7.53. The zero-order chi connectivity index (χ0) is 8.93. The average Bonchev–Trinajstić information content (AvgIpc) is 2.69. The first-order valence-corrected chi connectivity index (χ1v) is 5.54. The van der Waals surface area contributed by atoms with Gasteiger partial charge in [0.05, 0.1) is 6.61 Å². The Kier molecular flexibility index (Phi) is 3.16. The molecule has 1 atom stereocenters. The molecule has 0 saturated carbocycles. The number of hydrogen-bond acceptors (Lipinski definition) is 4. The molecular formula is C9H14N2OS. The molecule has 1 aliphatic rings. The van der Waals surface area contributed by atoms with Gasteiger partial charge in [-0.1, -0.05) is 0 Å². The van der Waals surface area contributed by atoms with E-state index in [2.05, 4.69) is 10.3 Å². The fourth-order valence-corrected chi connectivity index (χ4v) is 2.05. The highest BCUT2D eigenvalue weighted by Gasteiger charge is 2.13. The van der Waals surface area contributed by atoms with Crippen molar-refractivity contribution in [2.45, 2.75) is 12.8 Å². The van der Waals surface area contributed by atoms with E-state index >= 15 is 0 Å². The molecule has 1 aromatic heterocycles. The Bertz CT molecular complexity index is 232. The van der Waals surface area contributed by atoms with Crippen LogP contribution in [-0.2, 0) is 4.74 Å². The van der Waals surface area contributed by atoms with Gasteiger partial charge in [-0.05, 0) is 18.8 Å². The van der Waals surface area contributed by atoms with E-state index in [1.807, 2.05) is 11.6 Å². The molecule has 1 N–H and O–H groups in total. The summed E-state index contributed by atoms with van der Waals surface area (Å²) in [6.45, 7) is 2.83. The first kappa shape index (κ1) is 8.97. The van der Waals surface area contributed by atoms with Gasteiger partial charge >= 0.3 is 0 Å². The molecule has 0 aromatic carbocycles. The lowest BCUT2D eigenvalue weighted by atomic mass is 10.0. The summed E-state index contributed by atoms with van der Waals surface area (Å²) in [7, 11) is 0. The van der Waals surface area contributed by atoms with Gasteiger partial charge < -0.3 is 10.1 Å². The fraction of sp³-hybridized carbons (Fsp3) is 0.667. The molecule has 4 heteroatoms. The van der Waals surface area contributed by atoms with Crippen molar-refractivity contribution < 1.29 is 4.74 Å². The highest BCUT2D eigenvalue weighted by atomic mass is 32.1. The molecule has 2 rings (SSSR count). The second-order valence-electron chi connectivity index (χ2n) is 3.30. The fourth-order valence-electron chi connectivity index (χ4n) is 1.51. The largest absolute Gasteiger partial charge is 0.381 e. The predicted molar refractivity (Wildman–Crippen MR) is 54.1 cm³/mol. The van der Waals surface area contributed by atoms with Crippen LogP contribution in [0.15, 0.2) is 11.6 Å². The van der Waals surface area contributed by atoms with Gasteiger partial charge in [0, 0.05) is 24.7 Å². The van der Waals surface area contributed by atoms with Crippen molar-refractivity contribution in [3.63, 3.8) is 0 Å². The van der Waals surface area contributed by atoms with Crippen LogP contribution in [-0.4, -0.2) is 24.7 Å². The van der Waals surface area contributed by atoms with Crippen LogP contribution in [0.3, 0.4) is 0 Å². The third-order valence-corrected chi connectivity index (χ3v) is 2.96. The van der Waals surface area contributed by atoms with Gasteiger partial charge in [0.15, 0.2) is 5.13 Å². The van der Waals surface area contributed by atoms with E-state index in [1.165, 1.54) is 12.8 Å². The minimum absolute atomic E-state index is 0.664. The highest BCUT2D eigenvalue weighted by Crippen LogP contribution is 2.16. The molecule has 0 amide bonds. The van der Waals surface area contributed by atoms with Crippen LogP contribution in [0.25, 0.3) is 0 Å². The van der Waals surface area contributed by atoms with Crippen molar-refractivity contribution in [3.8, 4) is 0 Å². The first-order valence-electron chi connectivity index (χ1n) is 4.66. The number of nitrogens with zero attached hydrogens (tertiary/aromatic N) is 1. The minimum Gasteiger partial charge on any atom is -0.381 e. The lowest BCUT2D eigenvalue weighted by Gasteiger charge is -2.21. The molecule has 0 aliphatic carbocycles. The van der Waals surface area contributed by atoms with Crippen molar-refractivity contribution >= 4 is 16.5 Å². The monoisotopic (exact) mass is 198 g/mol. The van der Waals surface area contributed by atoms with E-state index in [-0.39, 0.29) is 0 Å². The quantitative estimate of drug-likeness (QED) is 0.806. The van der Waals surface area contributed by atoms with Gasteiger partial charge in [0.25, 0.3) is 0 Å². The zero-order valence-corrected chi connectivity index (χ0v) is 8.35. The van der Waals surface area contributed by atoms with E-state index in [0.29, 0.717) is 5.92 Å². The van der Waals surface area contributed by atoms with Crippen LogP contribution in [0.4, 0.5) is 5.13 Å². The Labute approximate surface area is 82.1 Å². The Hall–Kier alpha value is -0.610. The van der Waals surface area contributed by atoms with Gasteiger partial charge in [-0.2, -0.15) is 0 Å². The van der Waals surface area contributed by atoms with Gasteiger partial charge in [-0.3, -0.25) is 0 Å².